The van der Waals surface area contributed by atoms with E-state index >= 15 is 0 Å². The molecule has 1 atom stereocenters. The first kappa shape index (κ1) is 24.9. The normalized spacial score (nSPS) is 16.7. The van der Waals surface area contributed by atoms with Gasteiger partial charge in [0, 0.05) is 37.7 Å². The van der Waals surface area contributed by atoms with Crippen molar-refractivity contribution in [1.82, 2.24) is 20.0 Å². The van der Waals surface area contributed by atoms with Crippen molar-refractivity contribution in [2.45, 2.75) is 39.2 Å². The monoisotopic (exact) mass is 497 g/mol. The predicted molar refractivity (Wildman–Crippen MR) is 145 cm³/mol. The van der Waals surface area contributed by atoms with Crippen molar-refractivity contribution in [3.05, 3.63) is 77.9 Å². The van der Waals surface area contributed by atoms with Gasteiger partial charge in [-0.25, -0.2) is 0 Å². The van der Waals surface area contributed by atoms with E-state index in [0.717, 1.165) is 41.9 Å². The maximum atomic E-state index is 13.3. The molecule has 7 nitrogen and oxygen atoms in total. The van der Waals surface area contributed by atoms with Gasteiger partial charge in [0.1, 0.15) is 6.54 Å². The first-order chi connectivity index (χ1) is 18.0. The van der Waals surface area contributed by atoms with Gasteiger partial charge in [-0.05, 0) is 44.4 Å². The molecule has 1 aliphatic heterocycles. The van der Waals surface area contributed by atoms with Crippen molar-refractivity contribution < 1.29 is 9.59 Å². The van der Waals surface area contributed by atoms with Crippen LogP contribution in [0.2, 0.25) is 0 Å². The lowest BCUT2D eigenvalue weighted by molar-refractivity contribution is -0.147. The van der Waals surface area contributed by atoms with E-state index in [1.165, 1.54) is 5.56 Å². The van der Waals surface area contributed by atoms with Gasteiger partial charge in [0.15, 0.2) is 5.82 Å². The van der Waals surface area contributed by atoms with Crippen LogP contribution in [-0.2, 0) is 9.59 Å². The number of hydrogen-bond acceptors (Lipinski definition) is 5. The van der Waals surface area contributed by atoms with Gasteiger partial charge in [0.05, 0.1) is 11.7 Å². The molecular weight excluding hydrogens is 462 g/mol. The van der Waals surface area contributed by atoms with E-state index in [1.807, 2.05) is 54.3 Å². The minimum atomic E-state index is -0.137. The Labute approximate surface area is 219 Å². The zero-order chi connectivity index (χ0) is 25.8. The van der Waals surface area contributed by atoms with Gasteiger partial charge in [0.25, 0.3) is 0 Å². The summed E-state index contributed by atoms with van der Waals surface area (Å²) < 4.78 is 0. The van der Waals surface area contributed by atoms with Gasteiger partial charge in [-0.3, -0.25) is 9.59 Å². The van der Waals surface area contributed by atoms with Gasteiger partial charge in [-0.2, -0.15) is 0 Å². The highest BCUT2D eigenvalue weighted by molar-refractivity contribution is 5.87. The Bertz CT molecular complexity index is 1200. The van der Waals surface area contributed by atoms with Crippen LogP contribution in [0.3, 0.4) is 0 Å². The Morgan fingerprint density at radius 3 is 2.22 bits per heavy atom. The molecule has 0 unspecified atom stereocenters. The average molecular weight is 498 g/mol. The fourth-order valence-electron chi connectivity index (χ4n) is 5.01. The number of hydrogen-bond donors (Lipinski definition) is 0. The van der Waals surface area contributed by atoms with Gasteiger partial charge in [-0.15, -0.1) is 10.2 Å². The summed E-state index contributed by atoms with van der Waals surface area (Å²) in [5, 5.41) is 8.88. The summed E-state index contributed by atoms with van der Waals surface area (Å²) in [4.78, 5) is 32.4. The quantitative estimate of drug-likeness (QED) is 0.481. The molecule has 0 N–H and O–H groups in total. The summed E-state index contributed by atoms with van der Waals surface area (Å²) in [5.41, 5.74) is 4.17. The van der Waals surface area contributed by atoms with Gasteiger partial charge in [-0.1, -0.05) is 66.6 Å². The highest BCUT2D eigenvalue weighted by Crippen LogP contribution is 2.32. The maximum absolute atomic E-state index is 13.3. The van der Waals surface area contributed by atoms with E-state index in [0.29, 0.717) is 26.2 Å². The minimum Gasteiger partial charge on any atom is -0.352 e. The number of piperazine rings is 1. The molecule has 1 saturated heterocycles. The van der Waals surface area contributed by atoms with Crippen LogP contribution in [-0.4, -0.2) is 64.5 Å². The third-order valence-electron chi connectivity index (χ3n) is 7.75. The molecule has 7 heteroatoms. The third kappa shape index (κ3) is 5.66. The SMILES string of the molecule is Cc1ccc(-c2ccc(N3CCN(C(=O)CN(C(=O)C4CCC4)[C@@H](C)c4ccccc4)CC3)nn2)cc1. The van der Waals surface area contributed by atoms with Crippen LogP contribution in [0.15, 0.2) is 66.7 Å². The molecule has 192 valence electrons. The topological polar surface area (TPSA) is 69.6 Å². The second kappa shape index (κ2) is 11.1. The number of carbonyl (C=O) groups excluding carboxylic acids is 2. The lowest BCUT2D eigenvalue weighted by Gasteiger charge is -2.39. The Hall–Kier alpha value is -3.74. The number of anilines is 1. The van der Waals surface area contributed by atoms with E-state index in [9.17, 15) is 9.59 Å². The summed E-state index contributed by atoms with van der Waals surface area (Å²) in [5.74, 6) is 0.995. The molecule has 1 aromatic heterocycles. The molecule has 0 radical (unpaired) electrons. The third-order valence-corrected chi connectivity index (χ3v) is 7.75. The fraction of sp³-hybridized carbons (Fsp3) is 0.400. The summed E-state index contributed by atoms with van der Waals surface area (Å²) in [6.45, 7) is 6.80. The summed E-state index contributed by atoms with van der Waals surface area (Å²) >= 11 is 0. The lowest BCUT2D eigenvalue weighted by atomic mass is 9.84. The molecule has 2 fully saturated rings. The van der Waals surface area contributed by atoms with Crippen molar-refractivity contribution in [3.63, 3.8) is 0 Å². The second-order valence-corrected chi connectivity index (χ2v) is 10.2. The molecule has 2 aromatic carbocycles. The highest BCUT2D eigenvalue weighted by atomic mass is 16.2. The van der Waals surface area contributed by atoms with Crippen molar-refractivity contribution in [2.24, 2.45) is 5.92 Å². The maximum Gasteiger partial charge on any atom is 0.242 e. The molecule has 1 saturated carbocycles. The molecular formula is C30H35N5O2. The van der Waals surface area contributed by atoms with Crippen LogP contribution in [0.4, 0.5) is 5.82 Å². The van der Waals surface area contributed by atoms with Crippen LogP contribution in [0.1, 0.15) is 43.4 Å². The summed E-state index contributed by atoms with van der Waals surface area (Å²) in [6, 6.07) is 22.1. The van der Waals surface area contributed by atoms with Crippen molar-refractivity contribution in [2.75, 3.05) is 37.6 Å². The number of nitrogens with zero attached hydrogens (tertiary/aromatic N) is 5. The summed E-state index contributed by atoms with van der Waals surface area (Å²) in [7, 11) is 0. The Balaban J connectivity index is 1.20. The van der Waals surface area contributed by atoms with Gasteiger partial charge < -0.3 is 14.7 Å². The number of carbonyl (C=O) groups is 2. The Kier molecular flexibility index (Phi) is 7.49. The van der Waals surface area contributed by atoms with Crippen LogP contribution < -0.4 is 4.90 Å². The van der Waals surface area contributed by atoms with Crippen molar-refractivity contribution in [3.8, 4) is 11.3 Å². The van der Waals surface area contributed by atoms with Gasteiger partial charge >= 0.3 is 0 Å². The minimum absolute atomic E-state index is 0.0101. The highest BCUT2D eigenvalue weighted by Gasteiger charge is 2.34. The molecule has 2 amide bonds. The second-order valence-electron chi connectivity index (χ2n) is 10.2. The molecule has 3 aromatic rings. The number of benzene rings is 2. The fourth-order valence-corrected chi connectivity index (χ4v) is 5.01. The first-order valence-electron chi connectivity index (χ1n) is 13.3. The molecule has 2 heterocycles. The lowest BCUT2D eigenvalue weighted by Crippen LogP contribution is -2.53. The van der Waals surface area contributed by atoms with Crippen molar-refractivity contribution >= 4 is 17.6 Å². The van der Waals surface area contributed by atoms with Crippen LogP contribution in [0.25, 0.3) is 11.3 Å². The molecule has 5 rings (SSSR count). The molecule has 1 aliphatic carbocycles. The van der Waals surface area contributed by atoms with Gasteiger partial charge in [0.2, 0.25) is 11.8 Å². The first-order valence-corrected chi connectivity index (χ1v) is 13.3. The van der Waals surface area contributed by atoms with E-state index in [2.05, 4.69) is 46.3 Å². The van der Waals surface area contributed by atoms with E-state index in [1.54, 1.807) is 4.90 Å². The molecule has 37 heavy (non-hydrogen) atoms. The number of aryl methyl sites for hydroxylation is 1. The smallest absolute Gasteiger partial charge is 0.242 e. The molecule has 2 aliphatic rings. The zero-order valence-electron chi connectivity index (χ0n) is 21.7. The standard InChI is InChI=1S/C30H35N5O2/c1-22-11-13-25(14-12-22)27-15-16-28(32-31-27)33-17-19-34(20-18-33)29(36)21-35(30(37)26-9-6-10-26)23(2)24-7-4-3-5-8-24/h3-5,7-8,11-16,23,26H,6,9-10,17-21H2,1-2H3/t23-/m0/s1. The molecule has 0 spiro atoms. The van der Waals surface area contributed by atoms with Crippen LogP contribution in [0, 0.1) is 12.8 Å². The van der Waals surface area contributed by atoms with Crippen LogP contribution >= 0.6 is 0 Å². The Morgan fingerprint density at radius 1 is 0.919 bits per heavy atom. The van der Waals surface area contributed by atoms with E-state index in [-0.39, 0.29) is 30.3 Å². The van der Waals surface area contributed by atoms with E-state index < -0.39 is 0 Å². The zero-order valence-corrected chi connectivity index (χ0v) is 21.7. The summed E-state index contributed by atoms with van der Waals surface area (Å²) in [6.07, 6.45) is 2.94. The van der Waals surface area contributed by atoms with E-state index in [4.69, 9.17) is 0 Å². The number of aromatic nitrogens is 2. The number of amides is 2. The molecule has 0 bridgehead atoms. The predicted octanol–water partition coefficient (Wildman–Crippen LogP) is 4.49. The largest absolute Gasteiger partial charge is 0.352 e. The van der Waals surface area contributed by atoms with Crippen molar-refractivity contribution in [1.29, 1.82) is 0 Å². The van der Waals surface area contributed by atoms with Crippen LogP contribution in [0.5, 0.6) is 0 Å². The average Bonchev–Trinajstić information content (AvgIpc) is 2.91. The Morgan fingerprint density at radius 2 is 1.62 bits per heavy atom. The number of rotatable bonds is 7.